The normalized spacial score (nSPS) is 11.8. The maximum atomic E-state index is 12.2. The van der Waals surface area contributed by atoms with Crippen molar-refractivity contribution in [2.24, 2.45) is 5.41 Å². The van der Waals surface area contributed by atoms with Crippen molar-refractivity contribution in [3.8, 4) is 0 Å². The quantitative estimate of drug-likeness (QED) is 0.817. The molecule has 0 saturated heterocycles. The molecule has 0 aliphatic heterocycles. The van der Waals surface area contributed by atoms with Crippen LogP contribution in [0.15, 0.2) is 23.1 Å². The number of carbonyl (C=O) groups is 1. The molecule has 1 amide bonds. The molecule has 0 atom stereocenters. The van der Waals surface area contributed by atoms with E-state index in [2.05, 4.69) is 24.1 Å². The predicted molar refractivity (Wildman–Crippen MR) is 87.9 cm³/mol. The van der Waals surface area contributed by atoms with E-state index < -0.39 is 0 Å². The van der Waals surface area contributed by atoms with Gasteiger partial charge >= 0.3 is 0 Å². The Labute approximate surface area is 131 Å². The van der Waals surface area contributed by atoms with E-state index in [1.165, 1.54) is 0 Å². The molecule has 0 heterocycles. The van der Waals surface area contributed by atoms with Crippen molar-refractivity contribution in [2.75, 3.05) is 33.4 Å². The Kier molecular flexibility index (Phi) is 6.37. The number of carbonyl (C=O) groups excluding carboxylic acids is 1. The summed E-state index contributed by atoms with van der Waals surface area (Å²) in [7, 11) is 4.06. The van der Waals surface area contributed by atoms with E-state index >= 15 is 0 Å². The number of hydrogen-bond donors (Lipinski definition) is 1. The van der Waals surface area contributed by atoms with Gasteiger partial charge in [0.15, 0.2) is 0 Å². The van der Waals surface area contributed by atoms with Crippen LogP contribution in [0, 0.1) is 5.41 Å². The number of hydrogen-bond acceptors (Lipinski definition) is 3. The summed E-state index contributed by atoms with van der Waals surface area (Å²) in [5, 5.41) is 3.47. The first-order chi connectivity index (χ1) is 9.25. The van der Waals surface area contributed by atoms with Gasteiger partial charge in [-0.15, -0.1) is 11.8 Å². The lowest BCUT2D eigenvalue weighted by atomic mass is 9.93. The summed E-state index contributed by atoms with van der Waals surface area (Å²) in [6, 6.07) is 5.52. The maximum Gasteiger partial charge on any atom is 0.252 e. The van der Waals surface area contributed by atoms with Crippen molar-refractivity contribution in [3.05, 3.63) is 28.8 Å². The second kappa shape index (κ2) is 7.34. The van der Waals surface area contributed by atoms with Crippen LogP contribution < -0.4 is 5.32 Å². The van der Waals surface area contributed by atoms with E-state index in [1.54, 1.807) is 17.8 Å². The average Bonchev–Trinajstić information content (AvgIpc) is 2.35. The third-order valence-corrected chi connectivity index (χ3v) is 3.94. The zero-order valence-electron chi connectivity index (χ0n) is 12.8. The number of halogens is 1. The Bertz CT molecular complexity index is 475. The molecule has 1 aromatic rings. The summed E-state index contributed by atoms with van der Waals surface area (Å²) in [6.07, 6.45) is 1.98. The summed E-state index contributed by atoms with van der Waals surface area (Å²) in [6.45, 7) is 5.79. The van der Waals surface area contributed by atoms with Crippen molar-refractivity contribution in [1.82, 2.24) is 10.2 Å². The molecule has 0 aliphatic rings. The van der Waals surface area contributed by atoms with Crippen molar-refractivity contribution in [1.29, 1.82) is 0 Å². The molecule has 3 nitrogen and oxygen atoms in total. The molecule has 1 aromatic carbocycles. The van der Waals surface area contributed by atoms with E-state index in [9.17, 15) is 4.79 Å². The van der Waals surface area contributed by atoms with Crippen LogP contribution in [-0.2, 0) is 0 Å². The highest BCUT2D eigenvalue weighted by Gasteiger charge is 2.21. The van der Waals surface area contributed by atoms with E-state index in [1.807, 2.05) is 32.5 Å². The summed E-state index contributed by atoms with van der Waals surface area (Å²) < 4.78 is 0. The minimum atomic E-state index is -0.113. The van der Waals surface area contributed by atoms with Gasteiger partial charge in [-0.05, 0) is 44.0 Å². The fourth-order valence-corrected chi connectivity index (χ4v) is 2.78. The van der Waals surface area contributed by atoms with Crippen LogP contribution in [0.1, 0.15) is 24.2 Å². The van der Waals surface area contributed by atoms with Gasteiger partial charge in [0.05, 0.1) is 10.6 Å². The molecule has 1 N–H and O–H groups in total. The molecule has 0 saturated carbocycles. The second-order valence-electron chi connectivity index (χ2n) is 5.93. The Hall–Kier alpha value is -0.710. The van der Waals surface area contributed by atoms with Gasteiger partial charge in [0.2, 0.25) is 0 Å². The maximum absolute atomic E-state index is 12.2. The first-order valence-electron chi connectivity index (χ1n) is 6.51. The molecule has 0 bridgehead atoms. The predicted octanol–water partition coefficient (Wildman–Crippen LogP) is 3.38. The molecule has 0 aliphatic carbocycles. The topological polar surface area (TPSA) is 32.3 Å². The number of amides is 1. The van der Waals surface area contributed by atoms with Gasteiger partial charge in [-0.25, -0.2) is 0 Å². The lowest BCUT2D eigenvalue weighted by molar-refractivity contribution is 0.0929. The first-order valence-corrected chi connectivity index (χ1v) is 8.12. The van der Waals surface area contributed by atoms with Crippen molar-refractivity contribution in [2.45, 2.75) is 18.7 Å². The van der Waals surface area contributed by atoms with E-state index in [-0.39, 0.29) is 11.3 Å². The van der Waals surface area contributed by atoms with Crippen molar-refractivity contribution in [3.63, 3.8) is 0 Å². The number of benzene rings is 1. The molecule has 0 aromatic heterocycles. The highest BCUT2D eigenvalue weighted by Crippen LogP contribution is 2.23. The molecule has 0 radical (unpaired) electrons. The highest BCUT2D eigenvalue weighted by atomic mass is 35.5. The Morgan fingerprint density at radius 2 is 2.05 bits per heavy atom. The van der Waals surface area contributed by atoms with E-state index in [0.29, 0.717) is 17.1 Å². The summed E-state index contributed by atoms with van der Waals surface area (Å²) in [4.78, 5) is 15.4. The molecule has 0 spiro atoms. The van der Waals surface area contributed by atoms with Gasteiger partial charge in [0.1, 0.15) is 0 Å². The largest absolute Gasteiger partial charge is 0.351 e. The molecule has 5 heteroatoms. The lowest BCUT2D eigenvalue weighted by Crippen LogP contribution is -2.40. The van der Waals surface area contributed by atoms with Crippen molar-refractivity contribution < 1.29 is 4.79 Å². The van der Waals surface area contributed by atoms with Crippen LogP contribution in [0.5, 0.6) is 0 Å². The van der Waals surface area contributed by atoms with Gasteiger partial charge in [-0.3, -0.25) is 4.79 Å². The Morgan fingerprint density at radius 1 is 1.40 bits per heavy atom. The van der Waals surface area contributed by atoms with Gasteiger partial charge in [-0.1, -0.05) is 25.4 Å². The van der Waals surface area contributed by atoms with Crippen LogP contribution in [-0.4, -0.2) is 44.2 Å². The monoisotopic (exact) mass is 314 g/mol. The van der Waals surface area contributed by atoms with Crippen LogP contribution >= 0.6 is 23.4 Å². The SMILES string of the molecule is CSc1ccc(Cl)c(C(=O)NCC(C)(C)CN(C)C)c1. The molecule has 0 fully saturated rings. The number of nitrogens with zero attached hydrogens (tertiary/aromatic N) is 1. The van der Waals surface area contributed by atoms with E-state index in [0.717, 1.165) is 11.4 Å². The fraction of sp³-hybridized carbons (Fsp3) is 0.533. The molecular weight excluding hydrogens is 292 g/mol. The smallest absolute Gasteiger partial charge is 0.252 e. The Balaban J connectivity index is 2.72. The lowest BCUT2D eigenvalue weighted by Gasteiger charge is -2.28. The summed E-state index contributed by atoms with van der Waals surface area (Å²) in [5.41, 5.74) is 0.558. The first kappa shape index (κ1) is 17.3. The minimum Gasteiger partial charge on any atom is -0.351 e. The molecule has 20 heavy (non-hydrogen) atoms. The highest BCUT2D eigenvalue weighted by molar-refractivity contribution is 7.98. The van der Waals surface area contributed by atoms with Gasteiger partial charge < -0.3 is 10.2 Å². The van der Waals surface area contributed by atoms with Gasteiger partial charge in [0.25, 0.3) is 5.91 Å². The number of rotatable bonds is 6. The standard InChI is InChI=1S/C15H23ClN2OS/c1-15(2,10-18(3)4)9-17-14(19)12-8-11(20-5)6-7-13(12)16/h6-8H,9-10H2,1-5H3,(H,17,19). The molecular formula is C15H23ClN2OS. The third kappa shape index (κ3) is 5.35. The van der Waals surface area contributed by atoms with Crippen LogP contribution in [0.25, 0.3) is 0 Å². The minimum absolute atomic E-state index is 0.0166. The van der Waals surface area contributed by atoms with Crippen LogP contribution in [0.4, 0.5) is 0 Å². The van der Waals surface area contributed by atoms with Crippen LogP contribution in [0.2, 0.25) is 5.02 Å². The zero-order valence-corrected chi connectivity index (χ0v) is 14.4. The van der Waals surface area contributed by atoms with Gasteiger partial charge in [-0.2, -0.15) is 0 Å². The Morgan fingerprint density at radius 3 is 2.60 bits per heavy atom. The molecule has 112 valence electrons. The summed E-state index contributed by atoms with van der Waals surface area (Å²) in [5.74, 6) is -0.113. The molecule has 0 unspecified atom stereocenters. The van der Waals surface area contributed by atoms with Crippen molar-refractivity contribution >= 4 is 29.3 Å². The molecule has 1 rings (SSSR count). The fourth-order valence-electron chi connectivity index (χ4n) is 2.13. The summed E-state index contributed by atoms with van der Waals surface area (Å²) >= 11 is 7.70. The van der Waals surface area contributed by atoms with Crippen LogP contribution in [0.3, 0.4) is 0 Å². The number of thioether (sulfide) groups is 1. The zero-order chi connectivity index (χ0) is 15.3. The second-order valence-corrected chi connectivity index (χ2v) is 7.22. The average molecular weight is 315 g/mol. The number of nitrogens with one attached hydrogen (secondary N) is 1. The van der Waals surface area contributed by atoms with E-state index in [4.69, 9.17) is 11.6 Å². The van der Waals surface area contributed by atoms with Gasteiger partial charge in [0, 0.05) is 18.0 Å². The third-order valence-electron chi connectivity index (χ3n) is 2.89.